The first-order valence-electron chi connectivity index (χ1n) is 7.73. The molecule has 1 heterocycles. The number of hydrogen-bond donors (Lipinski definition) is 2. The van der Waals surface area contributed by atoms with Crippen LogP contribution < -0.4 is 16.4 Å². The largest absolute Gasteiger partial charge is 0.398 e. The van der Waals surface area contributed by atoms with Crippen LogP contribution in [0.3, 0.4) is 0 Å². The summed E-state index contributed by atoms with van der Waals surface area (Å²) >= 11 is 0. The van der Waals surface area contributed by atoms with Crippen LogP contribution in [-0.4, -0.2) is 18.5 Å². The van der Waals surface area contributed by atoms with Gasteiger partial charge in [-0.2, -0.15) is 0 Å². The first-order chi connectivity index (χ1) is 10.1. The number of hydrogen-bond acceptors (Lipinski definition) is 3. The minimum atomic E-state index is -0.606. The van der Waals surface area contributed by atoms with Crippen LogP contribution in [0.4, 0.5) is 15.8 Å². The van der Waals surface area contributed by atoms with Crippen molar-refractivity contribution in [3.8, 4) is 0 Å². The van der Waals surface area contributed by atoms with Gasteiger partial charge in [-0.3, -0.25) is 4.79 Å². The molecule has 21 heavy (non-hydrogen) atoms. The normalized spacial score (nSPS) is 25.5. The van der Waals surface area contributed by atoms with E-state index in [1.54, 1.807) is 0 Å². The molecule has 1 saturated carbocycles. The Hall–Kier alpha value is -1.78. The molecule has 2 atom stereocenters. The Morgan fingerprint density at radius 2 is 1.90 bits per heavy atom. The summed E-state index contributed by atoms with van der Waals surface area (Å²) in [5.41, 5.74) is 11.8. The Morgan fingerprint density at radius 3 is 2.67 bits per heavy atom. The molecule has 1 aromatic rings. The SMILES string of the molecule is NC(=O)c1cc(N2CCC[C@H]3CCCC[C@H]32)c(F)cc1N. The summed E-state index contributed by atoms with van der Waals surface area (Å²) in [6.07, 6.45) is 7.07. The summed E-state index contributed by atoms with van der Waals surface area (Å²) in [5.74, 6) is -0.323. The molecule has 1 aliphatic carbocycles. The molecule has 2 aliphatic rings. The quantitative estimate of drug-likeness (QED) is 0.823. The number of carbonyl (C=O) groups is 1. The second-order valence-corrected chi connectivity index (χ2v) is 6.20. The van der Waals surface area contributed by atoms with E-state index in [-0.39, 0.29) is 17.1 Å². The fraction of sp³-hybridized carbons (Fsp3) is 0.562. The lowest BCUT2D eigenvalue weighted by atomic mass is 9.78. The van der Waals surface area contributed by atoms with Crippen molar-refractivity contribution < 1.29 is 9.18 Å². The molecule has 0 bridgehead atoms. The van der Waals surface area contributed by atoms with Crippen molar-refractivity contribution >= 4 is 17.3 Å². The molecule has 2 fully saturated rings. The highest BCUT2D eigenvalue weighted by molar-refractivity contribution is 5.99. The third-order valence-electron chi connectivity index (χ3n) is 4.94. The molecule has 1 aliphatic heterocycles. The minimum Gasteiger partial charge on any atom is -0.398 e. The molecule has 1 saturated heterocycles. The van der Waals surface area contributed by atoms with Crippen molar-refractivity contribution in [2.45, 2.75) is 44.6 Å². The molecule has 0 aromatic heterocycles. The van der Waals surface area contributed by atoms with E-state index in [1.165, 1.54) is 37.8 Å². The highest BCUT2D eigenvalue weighted by atomic mass is 19.1. The van der Waals surface area contributed by atoms with Crippen molar-refractivity contribution in [2.24, 2.45) is 11.7 Å². The number of piperidine rings is 1. The van der Waals surface area contributed by atoms with Crippen LogP contribution in [0.2, 0.25) is 0 Å². The third-order valence-corrected chi connectivity index (χ3v) is 4.94. The van der Waals surface area contributed by atoms with Crippen molar-refractivity contribution in [1.82, 2.24) is 0 Å². The van der Waals surface area contributed by atoms with E-state index in [1.807, 2.05) is 0 Å². The average Bonchev–Trinajstić information content (AvgIpc) is 2.46. The lowest BCUT2D eigenvalue weighted by Gasteiger charge is -2.45. The fourth-order valence-electron chi connectivity index (χ4n) is 3.93. The zero-order chi connectivity index (χ0) is 15.0. The van der Waals surface area contributed by atoms with Crippen molar-refractivity contribution in [1.29, 1.82) is 0 Å². The molecule has 4 nitrogen and oxygen atoms in total. The van der Waals surface area contributed by atoms with Gasteiger partial charge >= 0.3 is 0 Å². The number of carbonyl (C=O) groups excluding carboxylic acids is 1. The summed E-state index contributed by atoms with van der Waals surface area (Å²) in [5, 5.41) is 0. The van der Waals surface area contributed by atoms with Gasteiger partial charge in [-0.25, -0.2) is 4.39 Å². The average molecular weight is 291 g/mol. The van der Waals surface area contributed by atoms with E-state index in [2.05, 4.69) is 4.90 Å². The Balaban J connectivity index is 1.98. The lowest BCUT2D eigenvalue weighted by molar-refractivity contribution is 0.100. The van der Waals surface area contributed by atoms with Gasteiger partial charge in [0.05, 0.1) is 11.3 Å². The van der Waals surface area contributed by atoms with Gasteiger partial charge in [0.1, 0.15) is 5.82 Å². The zero-order valence-corrected chi connectivity index (χ0v) is 12.1. The molecule has 0 unspecified atom stereocenters. The maximum atomic E-state index is 14.4. The molecule has 4 N–H and O–H groups in total. The number of fused-ring (bicyclic) bond motifs is 1. The topological polar surface area (TPSA) is 72.4 Å². The number of nitrogens with two attached hydrogens (primary N) is 2. The first-order valence-corrected chi connectivity index (χ1v) is 7.73. The zero-order valence-electron chi connectivity index (χ0n) is 12.1. The maximum absolute atomic E-state index is 14.4. The van der Waals surface area contributed by atoms with Gasteiger partial charge in [0.15, 0.2) is 0 Å². The summed E-state index contributed by atoms with van der Waals surface area (Å²) in [4.78, 5) is 13.6. The number of anilines is 2. The van der Waals surface area contributed by atoms with Gasteiger partial charge in [-0.1, -0.05) is 12.8 Å². The first kappa shape index (κ1) is 14.2. The number of benzene rings is 1. The second kappa shape index (κ2) is 5.54. The van der Waals surface area contributed by atoms with Crippen molar-refractivity contribution in [3.05, 3.63) is 23.5 Å². The van der Waals surface area contributed by atoms with Gasteiger partial charge in [-0.05, 0) is 43.7 Å². The van der Waals surface area contributed by atoms with Crippen LogP contribution in [0, 0.1) is 11.7 Å². The molecular weight excluding hydrogens is 269 g/mol. The number of nitrogen functional groups attached to an aromatic ring is 1. The van der Waals surface area contributed by atoms with Gasteiger partial charge in [-0.15, -0.1) is 0 Å². The maximum Gasteiger partial charge on any atom is 0.250 e. The number of amides is 1. The van der Waals surface area contributed by atoms with Crippen LogP contribution in [0.15, 0.2) is 12.1 Å². The second-order valence-electron chi connectivity index (χ2n) is 6.20. The Bertz CT molecular complexity index is 559. The summed E-state index contributed by atoms with van der Waals surface area (Å²) in [6.45, 7) is 0.834. The van der Waals surface area contributed by atoms with E-state index in [9.17, 15) is 9.18 Å². The van der Waals surface area contributed by atoms with E-state index >= 15 is 0 Å². The van der Waals surface area contributed by atoms with Crippen LogP contribution in [-0.2, 0) is 0 Å². The smallest absolute Gasteiger partial charge is 0.250 e. The fourth-order valence-corrected chi connectivity index (χ4v) is 3.93. The highest BCUT2D eigenvalue weighted by Gasteiger charge is 2.34. The number of rotatable bonds is 2. The molecule has 0 radical (unpaired) electrons. The Kier molecular flexibility index (Phi) is 3.74. The van der Waals surface area contributed by atoms with Crippen molar-refractivity contribution in [3.63, 3.8) is 0 Å². The summed E-state index contributed by atoms with van der Waals surface area (Å²) < 4.78 is 14.4. The summed E-state index contributed by atoms with van der Waals surface area (Å²) in [7, 11) is 0. The van der Waals surface area contributed by atoms with Gasteiger partial charge in [0, 0.05) is 18.3 Å². The van der Waals surface area contributed by atoms with Crippen LogP contribution in [0.1, 0.15) is 48.9 Å². The predicted octanol–water partition coefficient (Wildman–Crippen LogP) is 2.67. The number of primary amides is 1. The van der Waals surface area contributed by atoms with Gasteiger partial charge < -0.3 is 16.4 Å². The van der Waals surface area contributed by atoms with Gasteiger partial charge in [0.2, 0.25) is 0 Å². The molecular formula is C16H22FN3O. The van der Waals surface area contributed by atoms with Crippen molar-refractivity contribution in [2.75, 3.05) is 17.2 Å². The molecule has 114 valence electrons. The number of nitrogens with zero attached hydrogens (tertiary/aromatic N) is 1. The standard InChI is InChI=1S/C16H22FN3O/c17-12-9-13(18)11(16(19)21)8-15(12)20-7-3-5-10-4-1-2-6-14(10)20/h8-10,14H,1-7,18H2,(H2,19,21)/t10-,14-/m1/s1. The highest BCUT2D eigenvalue weighted by Crippen LogP contribution is 2.39. The van der Waals surface area contributed by atoms with E-state index in [4.69, 9.17) is 11.5 Å². The van der Waals surface area contributed by atoms with Crippen LogP contribution in [0.25, 0.3) is 0 Å². The van der Waals surface area contributed by atoms with Crippen LogP contribution in [0.5, 0.6) is 0 Å². The summed E-state index contributed by atoms with van der Waals surface area (Å²) in [6, 6.07) is 3.14. The molecule has 1 amide bonds. The third kappa shape index (κ3) is 2.57. The molecule has 3 rings (SSSR count). The minimum absolute atomic E-state index is 0.112. The Labute approximate surface area is 124 Å². The van der Waals surface area contributed by atoms with E-state index in [0.717, 1.165) is 19.4 Å². The monoisotopic (exact) mass is 291 g/mol. The lowest BCUT2D eigenvalue weighted by Crippen LogP contribution is -2.47. The molecule has 1 aromatic carbocycles. The number of halogens is 1. The van der Waals surface area contributed by atoms with Gasteiger partial charge in [0.25, 0.3) is 5.91 Å². The Morgan fingerprint density at radius 1 is 1.19 bits per heavy atom. The molecule has 5 heteroatoms. The molecule has 0 spiro atoms. The van der Waals surface area contributed by atoms with Crippen LogP contribution >= 0.6 is 0 Å². The predicted molar refractivity (Wildman–Crippen MR) is 81.7 cm³/mol. The van der Waals surface area contributed by atoms with E-state index in [0.29, 0.717) is 17.6 Å². The van der Waals surface area contributed by atoms with E-state index < -0.39 is 5.91 Å².